The van der Waals surface area contributed by atoms with Crippen LogP contribution in [0, 0.1) is 0 Å². The number of nitrogens with zero attached hydrogens (tertiary/aromatic N) is 2. The topological polar surface area (TPSA) is 83.0 Å². The Kier molecular flexibility index (Phi) is 13.1. The molecule has 1 atom stereocenters. The molecule has 27 heavy (non-hydrogen) atoms. The van der Waals surface area contributed by atoms with E-state index in [4.69, 9.17) is 4.74 Å². The van der Waals surface area contributed by atoms with Crippen molar-refractivity contribution in [1.29, 1.82) is 0 Å². The molecule has 162 valence electrons. The van der Waals surface area contributed by atoms with Crippen molar-refractivity contribution in [2.45, 2.75) is 57.2 Å². The maximum absolute atomic E-state index is 12.3. The summed E-state index contributed by atoms with van der Waals surface area (Å²) in [6.45, 7) is 11.1. The van der Waals surface area contributed by atoms with E-state index in [1.165, 1.54) is 6.26 Å². The third-order valence-corrected chi connectivity index (χ3v) is 7.51. The van der Waals surface area contributed by atoms with Gasteiger partial charge in [0.25, 0.3) is 0 Å². The number of hydrogen-bond donors (Lipinski definition) is 2. The number of aliphatic imine (C=N–C) groups is 1. The van der Waals surface area contributed by atoms with Crippen LogP contribution < -0.4 is 10.6 Å². The Hall–Kier alpha value is -0.130. The molecule has 0 aromatic rings. The summed E-state index contributed by atoms with van der Waals surface area (Å²) in [4.78, 5) is 6.68. The Bertz CT molecular complexity index is 533. The molecule has 1 heterocycles. The zero-order chi connectivity index (χ0) is 19.6. The average molecular weight is 519 g/mol. The van der Waals surface area contributed by atoms with Crippen molar-refractivity contribution in [3.05, 3.63) is 0 Å². The maximum Gasteiger partial charge on any atom is 0.191 e. The average Bonchev–Trinajstić information content (AvgIpc) is 2.62. The van der Waals surface area contributed by atoms with Crippen LogP contribution in [0.4, 0.5) is 0 Å². The van der Waals surface area contributed by atoms with E-state index >= 15 is 0 Å². The minimum absolute atomic E-state index is 0. The van der Waals surface area contributed by atoms with Crippen LogP contribution in [-0.2, 0) is 14.6 Å². The van der Waals surface area contributed by atoms with Crippen molar-refractivity contribution in [2.24, 2.45) is 4.99 Å². The van der Waals surface area contributed by atoms with Crippen LogP contribution >= 0.6 is 24.0 Å². The molecule has 0 aromatic carbocycles. The molecule has 9 heteroatoms. The predicted molar refractivity (Wildman–Crippen MR) is 124 cm³/mol. The highest BCUT2D eigenvalue weighted by atomic mass is 127. The van der Waals surface area contributed by atoms with Crippen molar-refractivity contribution >= 4 is 39.8 Å². The van der Waals surface area contributed by atoms with E-state index in [1.807, 2.05) is 0 Å². The fraction of sp³-hybridized carbons (Fsp3) is 0.944. The molecule has 1 aliphatic heterocycles. The SMILES string of the molecule is CCN(CC)CCCC(C)NC(=NC)NCC1(S(C)(=O)=O)CCOCC1.I. The lowest BCUT2D eigenvalue weighted by molar-refractivity contribution is 0.0756. The summed E-state index contributed by atoms with van der Waals surface area (Å²) in [6, 6.07) is 0.278. The Morgan fingerprint density at radius 2 is 1.85 bits per heavy atom. The monoisotopic (exact) mass is 518 g/mol. The van der Waals surface area contributed by atoms with Crippen LogP contribution in [-0.4, -0.2) is 82.8 Å². The first-order chi connectivity index (χ1) is 12.3. The van der Waals surface area contributed by atoms with Gasteiger partial charge in [0.1, 0.15) is 0 Å². The number of nitrogens with one attached hydrogen (secondary N) is 2. The molecular weight excluding hydrogens is 479 g/mol. The smallest absolute Gasteiger partial charge is 0.191 e. The van der Waals surface area contributed by atoms with Crippen LogP contribution in [0.15, 0.2) is 4.99 Å². The Balaban J connectivity index is 0.00000676. The van der Waals surface area contributed by atoms with E-state index in [2.05, 4.69) is 41.3 Å². The van der Waals surface area contributed by atoms with Gasteiger partial charge in [-0.2, -0.15) is 0 Å². The van der Waals surface area contributed by atoms with E-state index in [0.717, 1.165) is 32.5 Å². The van der Waals surface area contributed by atoms with Crippen LogP contribution in [0.25, 0.3) is 0 Å². The van der Waals surface area contributed by atoms with Gasteiger partial charge in [-0.05, 0) is 52.2 Å². The predicted octanol–water partition coefficient (Wildman–Crippen LogP) is 1.87. The van der Waals surface area contributed by atoms with Gasteiger partial charge in [0, 0.05) is 39.1 Å². The second kappa shape index (κ2) is 13.2. The van der Waals surface area contributed by atoms with Gasteiger partial charge in [-0.1, -0.05) is 13.8 Å². The van der Waals surface area contributed by atoms with Crippen molar-refractivity contribution < 1.29 is 13.2 Å². The number of ether oxygens (including phenoxy) is 1. The summed E-state index contributed by atoms with van der Waals surface area (Å²) >= 11 is 0. The highest BCUT2D eigenvalue weighted by Gasteiger charge is 2.42. The molecule has 0 spiro atoms. The molecule has 0 amide bonds. The molecule has 1 aliphatic rings. The van der Waals surface area contributed by atoms with Crippen molar-refractivity contribution in [3.63, 3.8) is 0 Å². The van der Waals surface area contributed by atoms with E-state index < -0.39 is 14.6 Å². The molecule has 1 fully saturated rings. The standard InChI is InChI=1S/C18H38N4O3S.HI/c1-6-22(7-2)12-8-9-16(3)21-17(19-4)20-15-18(26(5,23)24)10-13-25-14-11-18;/h16H,6-15H2,1-5H3,(H2,19,20,21);1H. The Morgan fingerprint density at radius 3 is 2.33 bits per heavy atom. The fourth-order valence-corrected chi connectivity index (χ4v) is 4.57. The summed E-state index contributed by atoms with van der Waals surface area (Å²) in [6.07, 6.45) is 4.54. The van der Waals surface area contributed by atoms with Gasteiger partial charge in [0.2, 0.25) is 0 Å². The third kappa shape index (κ3) is 8.82. The first kappa shape index (κ1) is 26.9. The second-order valence-electron chi connectivity index (χ2n) is 7.21. The largest absolute Gasteiger partial charge is 0.381 e. The minimum atomic E-state index is -3.18. The highest BCUT2D eigenvalue weighted by molar-refractivity contribution is 14.0. The van der Waals surface area contributed by atoms with Crippen molar-refractivity contribution in [3.8, 4) is 0 Å². The highest BCUT2D eigenvalue weighted by Crippen LogP contribution is 2.28. The first-order valence-electron chi connectivity index (χ1n) is 9.75. The summed E-state index contributed by atoms with van der Waals surface area (Å²) < 4.78 is 29.3. The van der Waals surface area contributed by atoms with Crippen LogP contribution in [0.5, 0.6) is 0 Å². The summed E-state index contributed by atoms with van der Waals surface area (Å²) in [5.41, 5.74) is 0. The number of halogens is 1. The second-order valence-corrected chi connectivity index (χ2v) is 9.62. The molecule has 7 nitrogen and oxygen atoms in total. The van der Waals surface area contributed by atoms with E-state index in [-0.39, 0.29) is 30.0 Å². The van der Waals surface area contributed by atoms with Gasteiger partial charge < -0.3 is 20.3 Å². The lowest BCUT2D eigenvalue weighted by Gasteiger charge is -2.36. The lowest BCUT2D eigenvalue weighted by atomic mass is 9.99. The zero-order valence-corrected chi connectivity index (χ0v) is 20.7. The van der Waals surface area contributed by atoms with Gasteiger partial charge in [-0.3, -0.25) is 4.99 Å². The number of guanidine groups is 1. The Morgan fingerprint density at radius 1 is 1.26 bits per heavy atom. The first-order valence-corrected chi connectivity index (χ1v) is 11.6. The maximum atomic E-state index is 12.3. The number of hydrogen-bond acceptors (Lipinski definition) is 5. The van der Waals surface area contributed by atoms with Crippen LogP contribution in [0.3, 0.4) is 0 Å². The van der Waals surface area contributed by atoms with E-state index in [9.17, 15) is 8.42 Å². The zero-order valence-electron chi connectivity index (χ0n) is 17.6. The number of rotatable bonds is 10. The number of sulfone groups is 1. The molecule has 0 radical (unpaired) electrons. The molecular formula is C18H39IN4O3S. The lowest BCUT2D eigenvalue weighted by Crippen LogP contribution is -2.54. The van der Waals surface area contributed by atoms with Crippen LogP contribution in [0.2, 0.25) is 0 Å². The van der Waals surface area contributed by atoms with E-state index in [1.54, 1.807) is 7.05 Å². The quantitative estimate of drug-likeness (QED) is 0.261. The van der Waals surface area contributed by atoms with Gasteiger partial charge in [0.05, 0.1) is 4.75 Å². The van der Waals surface area contributed by atoms with Crippen molar-refractivity contribution in [1.82, 2.24) is 15.5 Å². The van der Waals surface area contributed by atoms with Gasteiger partial charge in [-0.25, -0.2) is 8.42 Å². The molecule has 2 N–H and O–H groups in total. The molecule has 1 saturated heterocycles. The molecule has 0 saturated carbocycles. The molecule has 0 bridgehead atoms. The summed E-state index contributed by atoms with van der Waals surface area (Å²) in [5, 5.41) is 6.61. The van der Waals surface area contributed by atoms with Gasteiger partial charge in [0.15, 0.2) is 15.8 Å². The minimum Gasteiger partial charge on any atom is -0.381 e. The summed E-state index contributed by atoms with van der Waals surface area (Å²) in [7, 11) is -1.46. The normalized spacial score (nSPS) is 18.7. The summed E-state index contributed by atoms with van der Waals surface area (Å²) in [5.74, 6) is 0.662. The van der Waals surface area contributed by atoms with Crippen LogP contribution in [0.1, 0.15) is 46.5 Å². The molecule has 0 aromatic heterocycles. The van der Waals surface area contributed by atoms with E-state index in [0.29, 0.717) is 38.6 Å². The van der Waals surface area contributed by atoms with Gasteiger partial charge >= 0.3 is 0 Å². The fourth-order valence-electron chi connectivity index (χ4n) is 3.33. The molecule has 1 rings (SSSR count). The van der Waals surface area contributed by atoms with Crippen molar-refractivity contribution in [2.75, 3.05) is 52.7 Å². The molecule has 1 unspecified atom stereocenters. The Labute approximate surface area is 183 Å². The van der Waals surface area contributed by atoms with Gasteiger partial charge in [-0.15, -0.1) is 24.0 Å². The third-order valence-electron chi connectivity index (χ3n) is 5.38. The molecule has 0 aliphatic carbocycles.